The number of benzene rings is 3. The van der Waals surface area contributed by atoms with Gasteiger partial charge in [-0.25, -0.2) is 64.5 Å². The molecule has 0 aliphatic carbocycles. The number of halogens is 12. The van der Waals surface area contributed by atoms with E-state index in [1.54, 1.807) is 60.7 Å². The number of aromatic nitrogens is 3. The molecule has 3 unspecified atom stereocenters. The van der Waals surface area contributed by atoms with Crippen LogP contribution >= 0.6 is 80.4 Å². The Balaban J connectivity index is 0.000000180. The molecule has 0 bridgehead atoms. The molecule has 3 aromatic carbocycles. The lowest BCUT2D eigenvalue weighted by Crippen LogP contribution is -2.45. The van der Waals surface area contributed by atoms with Crippen LogP contribution in [0.5, 0.6) is 0 Å². The summed E-state index contributed by atoms with van der Waals surface area (Å²) in [7, 11) is 1.18. The number of amidine groups is 3. The van der Waals surface area contributed by atoms with Gasteiger partial charge in [0.25, 0.3) is 17.8 Å². The van der Waals surface area contributed by atoms with Crippen LogP contribution in [-0.4, -0.2) is 192 Å². The summed E-state index contributed by atoms with van der Waals surface area (Å²) in [6, 6.07) is 3.34. The zero-order valence-corrected chi connectivity index (χ0v) is 66.5. The highest BCUT2D eigenvalue weighted by Crippen LogP contribution is 2.47. The number of carbonyl (C=O) groups is 6. The van der Waals surface area contributed by atoms with E-state index < -0.39 is 139 Å². The van der Waals surface area contributed by atoms with Crippen molar-refractivity contribution in [3.05, 3.63) is 187 Å². The Morgan fingerprint density at radius 2 is 0.788 bits per heavy atom. The standard InChI is InChI=1S/C25H26Cl2F2N4O4S.C25H26ClF3N4O4S.C24H24ClF3N4O4S/c1-3-37-24(36)20-18(12-33-13(2)25(28,29)11-15(33)5-7-19(34)35)31-22(23-30-8-9-38-23)32-21(20)16-6-4-14(26)10-17(16)27;1-3-37-24(36)20-18(12-33-13(2)25(28,29)11-15(33)5-7-19(34)35)31-22(23-30-8-9-38-23)32-21(20)16-6-4-14(27)10-17(16)26;1-12-24(27,28)10-14(4-6-18(33)34)32(12)11-17-19(23(35)36-2)20(15-5-3-13(26)9-16(15)25)31-21(30-17)22-29-7-8-37-22/h2*4,6,8-10,13,15,21H,3,5,7,11-12H2,1-2H3,(H,31,32)(H,34,35);3,5,7-9,12,14,20H,4,6,10-11H2,1-2H3,(H,30,31)(H,33,34)/t2*13?,15-,21+;12?,14-,20+/m111/s1. The van der Waals surface area contributed by atoms with E-state index >= 15 is 0 Å². The average molecular weight is 1720 g/mol. The Kier molecular flexibility index (Phi) is 28.7. The number of ether oxygens (including phenoxy) is 3. The zero-order valence-electron chi connectivity index (χ0n) is 61.1. The number of methoxy groups -OCH3 is 1. The van der Waals surface area contributed by atoms with Gasteiger partial charge in [0.2, 0.25) is 0 Å². The van der Waals surface area contributed by atoms with Gasteiger partial charge < -0.3 is 45.5 Å². The van der Waals surface area contributed by atoms with Gasteiger partial charge in [0.05, 0.1) is 55.2 Å². The van der Waals surface area contributed by atoms with Gasteiger partial charge >= 0.3 is 35.8 Å². The Morgan fingerprint density at radius 1 is 0.487 bits per heavy atom. The molecule has 0 saturated carbocycles. The molecule has 3 saturated heterocycles. The van der Waals surface area contributed by atoms with Crippen LogP contribution in [-0.2, 0) is 43.0 Å². The summed E-state index contributed by atoms with van der Waals surface area (Å²) in [5.41, 5.74) is 2.11. The first kappa shape index (κ1) is 86.9. The monoisotopic (exact) mass is 1710 g/mol. The maximum absolute atomic E-state index is 14.8. The SMILES string of the molecule is CCOC(=O)C1=C(CN2C(C)C(F)(F)C[C@H]2CCC(=O)O)NC(c2nccs2)=N[C@H]1c1ccc(Cl)cc1Cl.CCOC(=O)C1=C(CN2C(C)C(F)(F)C[C@H]2CCC(=O)O)NC(c2nccs2)=N[C@H]1c1ccc(F)cc1Cl.COC(=O)C1=C(CN2C(C)C(F)(F)C[C@H]2CCC(=O)O)NC(c2nccs2)=N[C@H]1c1ccc(F)cc1Cl. The number of nitrogens with zero attached hydrogens (tertiary/aromatic N) is 9. The molecule has 6 aromatic rings. The number of nitrogens with one attached hydrogen (secondary N) is 3. The van der Waals surface area contributed by atoms with Gasteiger partial charge in [0.15, 0.2) is 32.5 Å². The lowest BCUT2D eigenvalue weighted by atomic mass is 9.95. The first-order valence-electron chi connectivity index (χ1n) is 35.3. The number of likely N-dealkylation sites (tertiary alicyclic amines) is 3. The van der Waals surface area contributed by atoms with E-state index in [9.17, 15) is 63.9 Å². The van der Waals surface area contributed by atoms with Crippen LogP contribution in [0.3, 0.4) is 0 Å². The summed E-state index contributed by atoms with van der Waals surface area (Å²) in [6.07, 6.45) is 2.48. The number of aliphatic carboxylic acids is 3. The highest BCUT2D eigenvalue weighted by atomic mass is 35.5. The van der Waals surface area contributed by atoms with Gasteiger partial charge in [0.1, 0.15) is 29.8 Å². The Bertz CT molecular complexity index is 4520. The minimum atomic E-state index is -3.06. The molecule has 6 aliphatic rings. The minimum absolute atomic E-state index is 0.0107. The van der Waals surface area contributed by atoms with E-state index in [1.165, 1.54) is 107 Å². The largest absolute Gasteiger partial charge is 0.481 e. The predicted molar refractivity (Wildman–Crippen MR) is 408 cm³/mol. The number of hydrogen-bond acceptors (Lipinski definition) is 24. The van der Waals surface area contributed by atoms with Crippen LogP contribution in [0.4, 0.5) is 35.1 Å². The number of carboxylic acids is 3. The van der Waals surface area contributed by atoms with Crippen molar-refractivity contribution in [2.24, 2.45) is 15.0 Å². The van der Waals surface area contributed by atoms with Crippen molar-refractivity contribution >= 4 is 134 Å². The number of carboxylic acid groups (broad SMARTS) is 3. The highest BCUT2D eigenvalue weighted by molar-refractivity contribution is 7.12. The topological polar surface area (TPSA) is 312 Å². The van der Waals surface area contributed by atoms with Crippen molar-refractivity contribution in [2.45, 2.75) is 165 Å². The molecule has 12 rings (SSSR count). The first-order valence-corrected chi connectivity index (χ1v) is 39.5. The highest BCUT2D eigenvalue weighted by Gasteiger charge is 2.55. The Hall–Kier alpha value is -8.52. The molecule has 39 heteroatoms. The normalized spacial score (nSPS) is 23.3. The predicted octanol–water partition coefficient (Wildman–Crippen LogP) is 14.5. The average Bonchev–Trinajstić information content (AvgIpc) is 1.73. The molecule has 24 nitrogen and oxygen atoms in total. The second-order valence-corrected chi connectivity index (χ2v) is 31.2. The van der Waals surface area contributed by atoms with Crippen molar-refractivity contribution in [1.82, 2.24) is 45.6 Å². The molecular weight excluding hydrogens is 1640 g/mol. The number of rotatable bonds is 26. The molecule has 606 valence electrons. The Labute approximate surface area is 674 Å². The number of carbonyl (C=O) groups excluding carboxylic acids is 3. The number of aliphatic imine (C=N–C) groups is 3. The Morgan fingerprint density at radius 3 is 1.05 bits per heavy atom. The smallest absolute Gasteiger partial charge is 0.338 e. The van der Waals surface area contributed by atoms with Gasteiger partial charge in [-0.2, -0.15) is 0 Å². The van der Waals surface area contributed by atoms with E-state index in [0.29, 0.717) is 48.3 Å². The molecule has 0 amide bonds. The third kappa shape index (κ3) is 20.6. The molecule has 113 heavy (non-hydrogen) atoms. The fraction of sp³-hybridized carbons (Fsp3) is 0.432. The lowest BCUT2D eigenvalue weighted by molar-refractivity contribution is -0.139. The van der Waals surface area contributed by atoms with Crippen molar-refractivity contribution in [3.63, 3.8) is 0 Å². The third-order valence-electron chi connectivity index (χ3n) is 19.8. The summed E-state index contributed by atoms with van der Waals surface area (Å²) in [6.45, 7) is 7.17. The van der Waals surface area contributed by atoms with Gasteiger partial charge in [-0.15, -0.1) is 34.0 Å². The molecule has 6 N–H and O–H groups in total. The fourth-order valence-corrected chi connectivity index (χ4v) is 16.9. The molecule has 9 heterocycles. The van der Waals surface area contributed by atoms with Crippen LogP contribution in [0.1, 0.15) is 142 Å². The van der Waals surface area contributed by atoms with Crippen molar-refractivity contribution < 1.29 is 93.4 Å². The van der Waals surface area contributed by atoms with Gasteiger partial charge in [-0.3, -0.25) is 44.1 Å². The number of esters is 3. The van der Waals surface area contributed by atoms with Crippen molar-refractivity contribution in [1.29, 1.82) is 0 Å². The molecule has 3 aromatic heterocycles. The van der Waals surface area contributed by atoms with E-state index in [1.807, 2.05) is 0 Å². The van der Waals surface area contributed by atoms with E-state index in [0.717, 1.165) is 12.1 Å². The maximum Gasteiger partial charge on any atom is 0.338 e. The van der Waals surface area contributed by atoms with Crippen LogP contribution in [0.2, 0.25) is 20.1 Å². The molecule has 0 radical (unpaired) electrons. The second kappa shape index (κ2) is 37.4. The molecular formula is C74H76Cl4F8N12O12S3. The minimum Gasteiger partial charge on any atom is -0.481 e. The zero-order chi connectivity index (χ0) is 82.1. The number of thiazole rings is 3. The van der Waals surface area contributed by atoms with E-state index in [4.69, 9.17) is 80.9 Å². The van der Waals surface area contributed by atoms with Crippen molar-refractivity contribution in [2.75, 3.05) is 40.0 Å². The van der Waals surface area contributed by atoms with Crippen molar-refractivity contribution in [3.8, 4) is 0 Å². The van der Waals surface area contributed by atoms with Crippen LogP contribution < -0.4 is 16.0 Å². The maximum atomic E-state index is 14.8. The third-order valence-corrected chi connectivity index (χ3v) is 23.4. The molecule has 6 aliphatic heterocycles. The van der Waals surface area contributed by atoms with Gasteiger partial charge in [0, 0.05) is 165 Å². The quantitative estimate of drug-likeness (QED) is 0.0167. The molecule has 9 atom stereocenters. The molecule has 0 spiro atoms. The van der Waals surface area contributed by atoms with Gasteiger partial charge in [-0.05, 0) is 90.3 Å². The summed E-state index contributed by atoms with van der Waals surface area (Å²) in [5.74, 6) is -14.8. The summed E-state index contributed by atoms with van der Waals surface area (Å²) >= 11 is 29.2. The molecule has 3 fully saturated rings. The lowest BCUT2D eigenvalue weighted by Gasteiger charge is -2.33. The van der Waals surface area contributed by atoms with Crippen LogP contribution in [0.15, 0.2) is 138 Å². The fourth-order valence-electron chi connectivity index (χ4n) is 14.1. The van der Waals surface area contributed by atoms with Crippen LogP contribution in [0.25, 0.3) is 0 Å². The summed E-state index contributed by atoms with van der Waals surface area (Å²) < 4.78 is 132. The number of alkyl halides is 6. The summed E-state index contributed by atoms with van der Waals surface area (Å²) in [4.78, 5) is 105. The van der Waals surface area contributed by atoms with Crippen LogP contribution in [0, 0.1) is 11.6 Å². The summed E-state index contributed by atoms with van der Waals surface area (Å²) in [5, 5.41) is 44.2. The number of hydrogen-bond donors (Lipinski definition) is 6. The first-order chi connectivity index (χ1) is 53.5. The van der Waals surface area contributed by atoms with E-state index in [2.05, 4.69) is 40.9 Å². The van der Waals surface area contributed by atoms with Gasteiger partial charge in [-0.1, -0.05) is 64.6 Å². The van der Waals surface area contributed by atoms with E-state index in [-0.39, 0.29) is 126 Å². The second-order valence-electron chi connectivity index (χ2n) is 26.8.